The summed E-state index contributed by atoms with van der Waals surface area (Å²) in [5.41, 5.74) is 3.02. The Kier molecular flexibility index (Phi) is 6.22. The molecule has 0 saturated heterocycles. The summed E-state index contributed by atoms with van der Waals surface area (Å²) in [5, 5.41) is 0. The van der Waals surface area contributed by atoms with E-state index in [1.165, 1.54) is 19.4 Å². The molecular weight excluding hydrogens is 384 g/mol. The molecule has 4 nitrogen and oxygen atoms in total. The SMILES string of the molecule is C=C(C)[C@@H]1CCC(C)=C[C@H]1c1c(OC(C)=O)cc(Br)cc1OC(C)=O. The Labute approximate surface area is 157 Å². The maximum absolute atomic E-state index is 11.6. The summed E-state index contributed by atoms with van der Waals surface area (Å²) in [6, 6.07) is 3.47. The van der Waals surface area contributed by atoms with Crippen molar-refractivity contribution < 1.29 is 19.1 Å². The Morgan fingerprint density at radius 1 is 1.12 bits per heavy atom. The van der Waals surface area contributed by atoms with Crippen LogP contribution in [0.1, 0.15) is 52.0 Å². The molecule has 1 aromatic rings. The lowest BCUT2D eigenvalue weighted by molar-refractivity contribution is -0.132. The van der Waals surface area contributed by atoms with Gasteiger partial charge in [-0.1, -0.05) is 39.7 Å². The monoisotopic (exact) mass is 406 g/mol. The molecule has 1 aliphatic rings. The smallest absolute Gasteiger partial charge is 0.308 e. The minimum atomic E-state index is -0.420. The van der Waals surface area contributed by atoms with Gasteiger partial charge in [-0.2, -0.15) is 0 Å². The molecule has 134 valence electrons. The number of rotatable bonds is 4. The van der Waals surface area contributed by atoms with Gasteiger partial charge in [0.25, 0.3) is 0 Å². The van der Waals surface area contributed by atoms with Gasteiger partial charge in [-0.3, -0.25) is 9.59 Å². The van der Waals surface area contributed by atoms with Gasteiger partial charge >= 0.3 is 11.9 Å². The van der Waals surface area contributed by atoms with E-state index < -0.39 is 11.9 Å². The summed E-state index contributed by atoms with van der Waals surface area (Å²) in [7, 11) is 0. The van der Waals surface area contributed by atoms with Crippen LogP contribution in [-0.2, 0) is 9.59 Å². The van der Waals surface area contributed by atoms with E-state index in [1.54, 1.807) is 12.1 Å². The summed E-state index contributed by atoms with van der Waals surface area (Å²) in [4.78, 5) is 23.2. The Balaban J connectivity index is 2.69. The van der Waals surface area contributed by atoms with Crippen LogP contribution in [-0.4, -0.2) is 11.9 Å². The molecule has 2 rings (SSSR count). The largest absolute Gasteiger partial charge is 0.426 e. The van der Waals surface area contributed by atoms with Gasteiger partial charge in [0.05, 0.1) is 0 Å². The van der Waals surface area contributed by atoms with E-state index in [0.717, 1.165) is 18.4 Å². The van der Waals surface area contributed by atoms with E-state index in [4.69, 9.17) is 9.47 Å². The number of allylic oxidation sites excluding steroid dienone is 3. The lowest BCUT2D eigenvalue weighted by atomic mass is 9.74. The van der Waals surface area contributed by atoms with Gasteiger partial charge in [-0.25, -0.2) is 0 Å². The average Bonchev–Trinajstić information content (AvgIpc) is 2.44. The van der Waals surface area contributed by atoms with E-state index in [-0.39, 0.29) is 11.8 Å². The Hall–Kier alpha value is -1.88. The van der Waals surface area contributed by atoms with Gasteiger partial charge in [0, 0.05) is 29.8 Å². The molecule has 0 saturated carbocycles. The average molecular weight is 407 g/mol. The second-order valence-corrected chi connectivity index (χ2v) is 7.45. The third kappa shape index (κ3) is 4.82. The van der Waals surface area contributed by atoms with E-state index in [9.17, 15) is 9.59 Å². The fraction of sp³-hybridized carbons (Fsp3) is 0.400. The predicted molar refractivity (Wildman–Crippen MR) is 101 cm³/mol. The normalized spacial score (nSPS) is 19.8. The van der Waals surface area contributed by atoms with Crippen molar-refractivity contribution in [2.45, 2.75) is 46.5 Å². The standard InChI is InChI=1S/C20H23BrO4/c1-11(2)16-7-6-12(3)8-17(16)20-18(24-13(4)22)9-15(21)10-19(20)25-14(5)23/h8-10,16-17H,1,6-7H2,2-5H3/t16-,17+/m0/s1. The molecule has 0 spiro atoms. The van der Waals surface area contributed by atoms with Gasteiger partial charge in [-0.15, -0.1) is 0 Å². The first kappa shape index (κ1) is 19.4. The summed E-state index contributed by atoms with van der Waals surface area (Å²) in [6.45, 7) is 10.9. The molecule has 5 heteroatoms. The minimum Gasteiger partial charge on any atom is -0.426 e. The second-order valence-electron chi connectivity index (χ2n) is 6.53. The lowest BCUT2D eigenvalue weighted by Gasteiger charge is -2.32. The van der Waals surface area contributed by atoms with Crippen LogP contribution in [0.15, 0.2) is 40.4 Å². The van der Waals surface area contributed by atoms with E-state index in [2.05, 4.69) is 35.5 Å². The Bertz CT molecular complexity index is 711. The molecule has 0 unspecified atom stereocenters. The number of ether oxygens (including phenoxy) is 2. The molecule has 2 atom stereocenters. The third-order valence-corrected chi connectivity index (χ3v) is 4.75. The zero-order chi connectivity index (χ0) is 18.7. The second kappa shape index (κ2) is 8.00. The Morgan fingerprint density at radius 2 is 1.64 bits per heavy atom. The highest BCUT2D eigenvalue weighted by Crippen LogP contribution is 2.47. The summed E-state index contributed by atoms with van der Waals surface area (Å²) >= 11 is 3.39. The third-order valence-electron chi connectivity index (χ3n) is 4.29. The molecular formula is C20H23BrO4. The van der Waals surface area contributed by atoms with Gasteiger partial charge in [0.1, 0.15) is 11.5 Å². The number of esters is 2. The van der Waals surface area contributed by atoms with Crippen LogP contribution in [0.4, 0.5) is 0 Å². The number of hydrogen-bond acceptors (Lipinski definition) is 4. The highest BCUT2D eigenvalue weighted by Gasteiger charge is 2.32. The van der Waals surface area contributed by atoms with Crippen molar-refractivity contribution in [2.75, 3.05) is 0 Å². The first-order chi connectivity index (χ1) is 11.7. The van der Waals surface area contributed by atoms with E-state index in [1.807, 2.05) is 6.92 Å². The van der Waals surface area contributed by atoms with E-state index >= 15 is 0 Å². The summed E-state index contributed by atoms with van der Waals surface area (Å²) in [6.07, 6.45) is 4.11. The van der Waals surface area contributed by atoms with Crippen molar-refractivity contribution in [3.8, 4) is 11.5 Å². The van der Waals surface area contributed by atoms with Crippen molar-refractivity contribution in [3.05, 3.63) is 46.0 Å². The molecule has 0 aromatic heterocycles. The van der Waals surface area contributed by atoms with Gasteiger partial charge < -0.3 is 9.47 Å². The topological polar surface area (TPSA) is 52.6 Å². The summed E-state index contributed by atoms with van der Waals surface area (Å²) in [5.74, 6) is 0.0882. The Morgan fingerprint density at radius 3 is 2.08 bits per heavy atom. The molecule has 0 radical (unpaired) electrons. The predicted octanol–water partition coefficient (Wildman–Crippen LogP) is 5.32. The zero-order valence-electron chi connectivity index (χ0n) is 15.0. The van der Waals surface area contributed by atoms with E-state index in [0.29, 0.717) is 21.5 Å². The van der Waals surface area contributed by atoms with Gasteiger partial charge in [0.2, 0.25) is 0 Å². The molecule has 1 aliphatic carbocycles. The fourth-order valence-corrected chi connectivity index (χ4v) is 3.70. The number of halogens is 1. The maximum Gasteiger partial charge on any atom is 0.308 e. The van der Waals surface area contributed by atoms with Crippen molar-refractivity contribution in [1.29, 1.82) is 0 Å². The number of carbonyl (C=O) groups excluding carboxylic acids is 2. The van der Waals surface area contributed by atoms with Gasteiger partial charge in [0.15, 0.2) is 0 Å². The van der Waals surface area contributed by atoms with Crippen molar-refractivity contribution in [3.63, 3.8) is 0 Å². The summed E-state index contributed by atoms with van der Waals surface area (Å²) < 4.78 is 11.6. The zero-order valence-corrected chi connectivity index (χ0v) is 16.6. The van der Waals surface area contributed by atoms with Crippen molar-refractivity contribution in [2.24, 2.45) is 5.92 Å². The molecule has 25 heavy (non-hydrogen) atoms. The molecule has 1 aromatic carbocycles. The quantitative estimate of drug-likeness (QED) is 0.385. The van der Waals surface area contributed by atoms with Crippen LogP contribution in [0.2, 0.25) is 0 Å². The molecule has 0 N–H and O–H groups in total. The molecule has 0 aliphatic heterocycles. The molecule has 0 heterocycles. The van der Waals surface area contributed by atoms with Crippen LogP contribution >= 0.6 is 15.9 Å². The molecule has 0 bridgehead atoms. The fourth-order valence-electron chi connectivity index (χ4n) is 3.28. The van der Waals surface area contributed by atoms with Gasteiger partial charge in [-0.05, 0) is 44.7 Å². The van der Waals surface area contributed by atoms with Crippen LogP contribution in [0.5, 0.6) is 11.5 Å². The van der Waals surface area contributed by atoms with Crippen LogP contribution in [0.25, 0.3) is 0 Å². The molecule has 0 amide bonds. The number of carbonyl (C=O) groups is 2. The van der Waals surface area contributed by atoms with Crippen molar-refractivity contribution in [1.82, 2.24) is 0 Å². The van der Waals surface area contributed by atoms with Crippen LogP contribution in [0.3, 0.4) is 0 Å². The molecule has 0 fully saturated rings. The van der Waals surface area contributed by atoms with Crippen LogP contribution in [0, 0.1) is 5.92 Å². The number of hydrogen-bond donors (Lipinski definition) is 0. The highest BCUT2D eigenvalue weighted by molar-refractivity contribution is 9.10. The highest BCUT2D eigenvalue weighted by atomic mass is 79.9. The van der Waals surface area contributed by atoms with Crippen molar-refractivity contribution >= 4 is 27.9 Å². The first-order valence-electron chi connectivity index (χ1n) is 8.22. The van der Waals surface area contributed by atoms with Crippen LogP contribution < -0.4 is 9.47 Å². The maximum atomic E-state index is 11.6. The lowest BCUT2D eigenvalue weighted by Crippen LogP contribution is -2.20. The number of benzene rings is 1. The minimum absolute atomic E-state index is 0.0666. The first-order valence-corrected chi connectivity index (χ1v) is 9.01.